The van der Waals surface area contributed by atoms with Crippen molar-refractivity contribution in [3.8, 4) is 0 Å². The first-order chi connectivity index (χ1) is 12.9. The summed E-state index contributed by atoms with van der Waals surface area (Å²) >= 11 is 0. The summed E-state index contributed by atoms with van der Waals surface area (Å²) in [7, 11) is -3.26. The second kappa shape index (κ2) is 6.90. The van der Waals surface area contributed by atoms with Crippen LogP contribution in [0.5, 0.6) is 0 Å². The molecule has 4 rings (SSSR count). The van der Waals surface area contributed by atoms with E-state index in [1.54, 1.807) is 30.5 Å². The first-order valence-electron chi connectivity index (χ1n) is 9.02. The molecular weight excluding hydrogens is 360 g/mol. The van der Waals surface area contributed by atoms with Crippen molar-refractivity contribution < 1.29 is 8.42 Å². The minimum absolute atomic E-state index is 0.392. The Kier molecular flexibility index (Phi) is 4.57. The molecule has 0 amide bonds. The number of benzene rings is 1. The summed E-state index contributed by atoms with van der Waals surface area (Å²) in [5, 5.41) is 4.00. The number of para-hydroxylation sites is 1. The van der Waals surface area contributed by atoms with Gasteiger partial charge in [-0.05, 0) is 44.0 Å². The predicted molar refractivity (Wildman–Crippen MR) is 107 cm³/mol. The van der Waals surface area contributed by atoms with Gasteiger partial charge in [-0.1, -0.05) is 18.2 Å². The van der Waals surface area contributed by atoms with E-state index in [0.717, 1.165) is 33.5 Å². The van der Waals surface area contributed by atoms with E-state index in [4.69, 9.17) is 0 Å². The zero-order valence-electron chi connectivity index (χ0n) is 15.4. The van der Waals surface area contributed by atoms with Crippen LogP contribution in [0, 0.1) is 0 Å². The Labute approximate surface area is 159 Å². The van der Waals surface area contributed by atoms with Gasteiger partial charge in [-0.2, -0.15) is 4.31 Å². The molecule has 140 valence electrons. The highest BCUT2D eigenvalue weighted by Gasteiger charge is 2.30. The van der Waals surface area contributed by atoms with Crippen LogP contribution in [0.3, 0.4) is 0 Å². The number of sulfonamides is 1. The quantitative estimate of drug-likeness (QED) is 0.748. The zero-order valence-corrected chi connectivity index (χ0v) is 16.2. The molecule has 1 aliphatic rings. The van der Waals surface area contributed by atoms with Gasteiger partial charge in [0, 0.05) is 30.2 Å². The van der Waals surface area contributed by atoms with E-state index in [1.807, 2.05) is 36.4 Å². The Morgan fingerprint density at radius 2 is 1.96 bits per heavy atom. The maximum Gasteiger partial charge on any atom is 0.216 e. The fraction of sp³-hybridized carbons (Fsp3) is 0.300. The highest BCUT2D eigenvalue weighted by Crippen LogP contribution is 2.29. The van der Waals surface area contributed by atoms with Crippen LogP contribution in [0.1, 0.15) is 25.0 Å². The van der Waals surface area contributed by atoms with Gasteiger partial charge in [0.15, 0.2) is 0 Å². The standard InChI is InChI=1S/C20H22N4O2S/c1-14(2)27(25,26)24-10-8-18-16(13-24)7-9-21-20(18)23-17-11-15-5-3-4-6-19(15)22-12-17/h3-7,9,11-12,14H,8,10,13H2,1-2H3,(H,21,23). The average molecular weight is 382 g/mol. The summed E-state index contributed by atoms with van der Waals surface area (Å²) in [6, 6.07) is 11.9. The number of aromatic nitrogens is 2. The molecule has 27 heavy (non-hydrogen) atoms. The van der Waals surface area contributed by atoms with Crippen LogP contribution in [0.25, 0.3) is 10.9 Å². The van der Waals surface area contributed by atoms with Crippen molar-refractivity contribution in [2.45, 2.75) is 32.1 Å². The summed E-state index contributed by atoms with van der Waals surface area (Å²) in [5.41, 5.74) is 3.88. The molecule has 0 aliphatic carbocycles. The third kappa shape index (κ3) is 3.40. The smallest absolute Gasteiger partial charge is 0.216 e. The molecule has 0 atom stereocenters. The Balaban J connectivity index is 1.62. The number of pyridine rings is 2. The molecule has 0 radical (unpaired) electrons. The number of rotatable bonds is 4. The van der Waals surface area contributed by atoms with Crippen LogP contribution in [0.2, 0.25) is 0 Å². The van der Waals surface area contributed by atoms with Crippen LogP contribution >= 0.6 is 0 Å². The molecule has 0 unspecified atom stereocenters. The second-order valence-corrected chi connectivity index (χ2v) is 9.51. The average Bonchev–Trinajstić information content (AvgIpc) is 2.67. The SMILES string of the molecule is CC(C)S(=O)(=O)N1CCc2c(ccnc2Nc2cnc3ccccc3c2)C1. The van der Waals surface area contributed by atoms with Gasteiger partial charge in [0.05, 0.1) is 22.7 Å². The predicted octanol–water partition coefficient (Wildman–Crippen LogP) is 3.47. The van der Waals surface area contributed by atoms with Crippen LogP contribution in [0.4, 0.5) is 11.5 Å². The van der Waals surface area contributed by atoms with E-state index in [-0.39, 0.29) is 0 Å². The van der Waals surface area contributed by atoms with Gasteiger partial charge in [0.1, 0.15) is 5.82 Å². The van der Waals surface area contributed by atoms with E-state index in [2.05, 4.69) is 15.3 Å². The van der Waals surface area contributed by atoms with E-state index in [1.165, 1.54) is 0 Å². The Morgan fingerprint density at radius 3 is 2.78 bits per heavy atom. The fourth-order valence-corrected chi connectivity index (χ4v) is 4.63. The molecule has 3 aromatic rings. The molecule has 2 aromatic heterocycles. The molecule has 0 bridgehead atoms. The van der Waals surface area contributed by atoms with E-state index >= 15 is 0 Å². The van der Waals surface area contributed by atoms with Crippen molar-refractivity contribution in [3.05, 3.63) is 59.9 Å². The first kappa shape index (κ1) is 17.9. The highest BCUT2D eigenvalue weighted by molar-refractivity contribution is 7.89. The molecule has 3 heterocycles. The third-order valence-electron chi connectivity index (χ3n) is 4.92. The van der Waals surface area contributed by atoms with Crippen LogP contribution < -0.4 is 5.32 Å². The molecule has 7 heteroatoms. The van der Waals surface area contributed by atoms with Crippen molar-refractivity contribution in [2.24, 2.45) is 0 Å². The monoisotopic (exact) mass is 382 g/mol. The molecule has 1 aromatic carbocycles. The van der Waals surface area contributed by atoms with Crippen molar-refractivity contribution in [1.29, 1.82) is 0 Å². The zero-order chi connectivity index (χ0) is 19.0. The largest absolute Gasteiger partial charge is 0.339 e. The summed E-state index contributed by atoms with van der Waals surface area (Å²) in [6.07, 6.45) is 4.15. The number of hydrogen-bond donors (Lipinski definition) is 1. The molecule has 1 aliphatic heterocycles. The molecule has 0 saturated carbocycles. The van der Waals surface area contributed by atoms with Crippen LogP contribution in [-0.2, 0) is 23.0 Å². The van der Waals surface area contributed by atoms with E-state index in [9.17, 15) is 8.42 Å². The lowest BCUT2D eigenvalue weighted by Crippen LogP contribution is -2.40. The normalized spacial score (nSPS) is 15.1. The van der Waals surface area contributed by atoms with Crippen LogP contribution in [-0.4, -0.2) is 34.5 Å². The Hall–Kier alpha value is -2.51. The van der Waals surface area contributed by atoms with Crippen molar-refractivity contribution in [1.82, 2.24) is 14.3 Å². The lowest BCUT2D eigenvalue weighted by atomic mass is 10.0. The number of hydrogen-bond acceptors (Lipinski definition) is 5. The minimum atomic E-state index is -3.26. The molecule has 1 N–H and O–H groups in total. The molecule has 0 spiro atoms. The summed E-state index contributed by atoms with van der Waals surface area (Å²) in [6.45, 7) is 4.31. The lowest BCUT2D eigenvalue weighted by molar-refractivity contribution is 0.387. The fourth-order valence-electron chi connectivity index (χ4n) is 3.36. The Morgan fingerprint density at radius 1 is 1.15 bits per heavy atom. The van der Waals surface area contributed by atoms with E-state index < -0.39 is 15.3 Å². The van der Waals surface area contributed by atoms with E-state index in [0.29, 0.717) is 19.5 Å². The van der Waals surface area contributed by atoms with Gasteiger partial charge in [-0.15, -0.1) is 0 Å². The number of fused-ring (bicyclic) bond motifs is 2. The van der Waals surface area contributed by atoms with Crippen molar-refractivity contribution in [2.75, 3.05) is 11.9 Å². The number of anilines is 2. The van der Waals surface area contributed by atoms with Gasteiger partial charge in [-0.25, -0.2) is 13.4 Å². The van der Waals surface area contributed by atoms with Gasteiger partial charge >= 0.3 is 0 Å². The van der Waals surface area contributed by atoms with Crippen molar-refractivity contribution in [3.63, 3.8) is 0 Å². The summed E-state index contributed by atoms with van der Waals surface area (Å²) < 4.78 is 26.5. The van der Waals surface area contributed by atoms with Gasteiger partial charge < -0.3 is 5.32 Å². The van der Waals surface area contributed by atoms with Crippen molar-refractivity contribution >= 4 is 32.4 Å². The maximum absolute atomic E-state index is 12.5. The topological polar surface area (TPSA) is 75.2 Å². The Bertz CT molecular complexity index is 1100. The third-order valence-corrected chi connectivity index (χ3v) is 7.14. The number of nitrogens with one attached hydrogen (secondary N) is 1. The molecule has 0 saturated heterocycles. The molecule has 6 nitrogen and oxygen atoms in total. The molecular formula is C20H22N4O2S. The van der Waals surface area contributed by atoms with Gasteiger partial charge in [0.25, 0.3) is 0 Å². The maximum atomic E-state index is 12.5. The minimum Gasteiger partial charge on any atom is -0.339 e. The second-order valence-electron chi connectivity index (χ2n) is 7.02. The van der Waals surface area contributed by atoms with Gasteiger partial charge in [-0.3, -0.25) is 4.98 Å². The summed E-state index contributed by atoms with van der Waals surface area (Å²) in [5.74, 6) is 0.770. The summed E-state index contributed by atoms with van der Waals surface area (Å²) in [4.78, 5) is 8.96. The number of nitrogens with zero attached hydrogens (tertiary/aromatic N) is 3. The first-order valence-corrected chi connectivity index (χ1v) is 10.5. The highest BCUT2D eigenvalue weighted by atomic mass is 32.2. The lowest BCUT2D eigenvalue weighted by Gasteiger charge is -2.30. The van der Waals surface area contributed by atoms with Crippen LogP contribution in [0.15, 0.2) is 48.8 Å². The van der Waals surface area contributed by atoms with Gasteiger partial charge in [0.2, 0.25) is 10.0 Å². The molecule has 0 fully saturated rings.